The maximum Gasteiger partial charge on any atom is 0.305 e. The molecule has 2 fully saturated rings. The second kappa shape index (κ2) is 6.34. The van der Waals surface area contributed by atoms with Gasteiger partial charge in [-0.1, -0.05) is 27.2 Å². The SMILES string of the molecule is CC(C)(C)CC(CC(=O)O)NC(=O)C1NCC2CCCC21. The van der Waals surface area contributed by atoms with Gasteiger partial charge in [0.1, 0.15) is 0 Å². The Hall–Kier alpha value is -1.10. The van der Waals surface area contributed by atoms with E-state index in [0.717, 1.165) is 13.0 Å². The van der Waals surface area contributed by atoms with E-state index in [0.29, 0.717) is 18.3 Å². The fraction of sp³-hybridized carbons (Fsp3) is 0.875. The van der Waals surface area contributed by atoms with Crippen LogP contribution in [0.15, 0.2) is 0 Å². The van der Waals surface area contributed by atoms with Crippen LogP contribution in [0.4, 0.5) is 0 Å². The van der Waals surface area contributed by atoms with Gasteiger partial charge in [-0.05, 0) is 43.1 Å². The van der Waals surface area contributed by atoms with E-state index in [1.807, 2.05) is 0 Å². The normalized spacial score (nSPS) is 30.0. The molecule has 4 atom stereocenters. The van der Waals surface area contributed by atoms with Gasteiger partial charge in [-0.15, -0.1) is 0 Å². The molecule has 1 amide bonds. The Balaban J connectivity index is 1.95. The summed E-state index contributed by atoms with van der Waals surface area (Å²) < 4.78 is 0. The molecule has 0 aromatic rings. The van der Waals surface area contributed by atoms with Crippen LogP contribution in [0.25, 0.3) is 0 Å². The molecule has 1 aliphatic heterocycles. The maximum atomic E-state index is 12.5. The molecule has 2 aliphatic rings. The average molecular weight is 296 g/mol. The van der Waals surface area contributed by atoms with Gasteiger partial charge in [-0.25, -0.2) is 0 Å². The number of hydrogen-bond acceptors (Lipinski definition) is 3. The lowest BCUT2D eigenvalue weighted by Gasteiger charge is -2.28. The third-order valence-electron chi connectivity index (χ3n) is 4.65. The summed E-state index contributed by atoms with van der Waals surface area (Å²) in [6, 6.07) is -0.425. The number of amides is 1. The molecule has 3 N–H and O–H groups in total. The number of carboxylic acid groups (broad SMARTS) is 1. The predicted octanol–water partition coefficient (Wildman–Crippen LogP) is 1.77. The second-order valence-corrected chi connectivity index (χ2v) is 7.81. The topological polar surface area (TPSA) is 78.4 Å². The first kappa shape index (κ1) is 16.3. The number of nitrogens with one attached hydrogen (secondary N) is 2. The van der Waals surface area contributed by atoms with Gasteiger partial charge >= 0.3 is 5.97 Å². The van der Waals surface area contributed by atoms with Crippen LogP contribution in [0.1, 0.15) is 52.9 Å². The molecule has 2 rings (SSSR count). The minimum absolute atomic E-state index is 0.00754. The van der Waals surface area contributed by atoms with Crippen LogP contribution in [-0.2, 0) is 9.59 Å². The lowest BCUT2D eigenvalue weighted by molar-refractivity contribution is -0.138. The Morgan fingerprint density at radius 3 is 2.67 bits per heavy atom. The highest BCUT2D eigenvalue weighted by Crippen LogP contribution is 2.37. The van der Waals surface area contributed by atoms with Crippen molar-refractivity contribution in [1.82, 2.24) is 10.6 Å². The maximum absolute atomic E-state index is 12.5. The molecule has 4 unspecified atom stereocenters. The Morgan fingerprint density at radius 2 is 2.05 bits per heavy atom. The molecular weight excluding hydrogens is 268 g/mol. The summed E-state index contributed by atoms with van der Waals surface area (Å²) in [5.41, 5.74) is -0.00754. The summed E-state index contributed by atoms with van der Waals surface area (Å²) >= 11 is 0. The first-order chi connectivity index (χ1) is 9.76. The van der Waals surface area contributed by atoms with Crippen molar-refractivity contribution in [3.05, 3.63) is 0 Å². The summed E-state index contributed by atoms with van der Waals surface area (Å²) in [6.07, 6.45) is 4.19. The Morgan fingerprint density at radius 1 is 1.33 bits per heavy atom. The molecular formula is C16H28N2O3. The number of fused-ring (bicyclic) bond motifs is 1. The quantitative estimate of drug-likeness (QED) is 0.722. The third kappa shape index (κ3) is 4.43. The standard InChI is InChI=1S/C16H28N2O3/c1-16(2,3)8-11(7-13(19)20)18-15(21)14-12-6-4-5-10(12)9-17-14/h10-12,14,17H,4-9H2,1-3H3,(H,18,21)(H,19,20). The number of hydrogen-bond donors (Lipinski definition) is 3. The molecule has 0 aromatic carbocycles. The van der Waals surface area contributed by atoms with Gasteiger partial charge in [0.2, 0.25) is 5.91 Å². The molecule has 0 aromatic heterocycles. The monoisotopic (exact) mass is 296 g/mol. The van der Waals surface area contributed by atoms with E-state index < -0.39 is 5.97 Å². The molecule has 5 heteroatoms. The summed E-state index contributed by atoms with van der Waals surface area (Å²) in [5.74, 6) is 0.189. The van der Waals surface area contributed by atoms with Gasteiger partial charge in [0.25, 0.3) is 0 Å². The van der Waals surface area contributed by atoms with E-state index in [2.05, 4.69) is 31.4 Å². The Kier molecular flexibility index (Phi) is 4.91. The summed E-state index contributed by atoms with van der Waals surface area (Å²) in [4.78, 5) is 23.5. The minimum Gasteiger partial charge on any atom is -0.481 e. The van der Waals surface area contributed by atoms with Crippen LogP contribution in [0.3, 0.4) is 0 Å². The lowest BCUT2D eigenvalue weighted by Crippen LogP contribution is -2.49. The van der Waals surface area contributed by atoms with Crippen LogP contribution >= 0.6 is 0 Å². The van der Waals surface area contributed by atoms with Crippen molar-refractivity contribution >= 4 is 11.9 Å². The average Bonchev–Trinajstić information content (AvgIpc) is 2.85. The van der Waals surface area contributed by atoms with Crippen LogP contribution in [0, 0.1) is 17.3 Å². The third-order valence-corrected chi connectivity index (χ3v) is 4.65. The van der Waals surface area contributed by atoms with Crippen LogP contribution in [0.5, 0.6) is 0 Å². The highest BCUT2D eigenvalue weighted by atomic mass is 16.4. The molecule has 21 heavy (non-hydrogen) atoms. The molecule has 1 saturated heterocycles. The zero-order valence-corrected chi connectivity index (χ0v) is 13.3. The van der Waals surface area contributed by atoms with E-state index in [9.17, 15) is 9.59 Å². The molecule has 0 bridgehead atoms. The highest BCUT2D eigenvalue weighted by molar-refractivity contribution is 5.83. The summed E-state index contributed by atoms with van der Waals surface area (Å²) in [6.45, 7) is 7.12. The van der Waals surface area contributed by atoms with Crippen molar-refractivity contribution in [3.8, 4) is 0 Å². The number of aliphatic carboxylic acids is 1. The fourth-order valence-corrected chi connectivity index (χ4v) is 3.89. The van der Waals surface area contributed by atoms with Crippen molar-refractivity contribution < 1.29 is 14.7 Å². The summed E-state index contributed by atoms with van der Waals surface area (Å²) in [5, 5.41) is 15.3. The predicted molar refractivity (Wildman–Crippen MR) is 80.9 cm³/mol. The van der Waals surface area contributed by atoms with E-state index in [1.165, 1.54) is 12.8 Å². The van der Waals surface area contributed by atoms with Crippen molar-refractivity contribution in [2.45, 2.75) is 65.0 Å². The lowest BCUT2D eigenvalue weighted by atomic mass is 9.86. The Bertz CT molecular complexity index is 403. The number of carboxylic acids is 1. The zero-order valence-electron chi connectivity index (χ0n) is 13.3. The van der Waals surface area contributed by atoms with Gasteiger partial charge in [-0.3, -0.25) is 9.59 Å². The van der Waals surface area contributed by atoms with Crippen LogP contribution in [-0.4, -0.2) is 35.6 Å². The molecule has 5 nitrogen and oxygen atoms in total. The van der Waals surface area contributed by atoms with Gasteiger partial charge in [0.15, 0.2) is 0 Å². The highest BCUT2D eigenvalue weighted by Gasteiger charge is 2.42. The molecule has 1 aliphatic carbocycles. The first-order valence-electron chi connectivity index (χ1n) is 8.02. The molecule has 1 heterocycles. The molecule has 0 radical (unpaired) electrons. The van der Waals surface area contributed by atoms with Crippen molar-refractivity contribution in [3.63, 3.8) is 0 Å². The number of rotatable bonds is 5. The van der Waals surface area contributed by atoms with Gasteiger partial charge in [0.05, 0.1) is 12.5 Å². The molecule has 120 valence electrons. The molecule has 1 saturated carbocycles. The first-order valence-corrected chi connectivity index (χ1v) is 8.02. The van der Waals surface area contributed by atoms with Crippen LogP contribution < -0.4 is 10.6 Å². The fourth-order valence-electron chi connectivity index (χ4n) is 3.89. The zero-order chi connectivity index (χ0) is 15.6. The van der Waals surface area contributed by atoms with Crippen molar-refractivity contribution in [2.24, 2.45) is 17.3 Å². The van der Waals surface area contributed by atoms with E-state index in [1.54, 1.807) is 0 Å². The van der Waals surface area contributed by atoms with Crippen LogP contribution in [0.2, 0.25) is 0 Å². The molecule has 0 spiro atoms. The summed E-state index contributed by atoms with van der Waals surface area (Å²) in [7, 11) is 0. The number of carbonyl (C=O) groups is 2. The van der Waals surface area contributed by atoms with Crippen molar-refractivity contribution in [1.29, 1.82) is 0 Å². The minimum atomic E-state index is -0.859. The van der Waals surface area contributed by atoms with E-state index in [4.69, 9.17) is 5.11 Å². The number of carbonyl (C=O) groups excluding carboxylic acids is 1. The smallest absolute Gasteiger partial charge is 0.305 e. The van der Waals surface area contributed by atoms with Gasteiger partial charge < -0.3 is 15.7 Å². The van der Waals surface area contributed by atoms with E-state index >= 15 is 0 Å². The second-order valence-electron chi connectivity index (χ2n) is 7.81. The largest absolute Gasteiger partial charge is 0.481 e. The van der Waals surface area contributed by atoms with Crippen molar-refractivity contribution in [2.75, 3.05) is 6.54 Å². The van der Waals surface area contributed by atoms with E-state index in [-0.39, 0.29) is 29.8 Å². The van der Waals surface area contributed by atoms with Gasteiger partial charge in [0, 0.05) is 6.04 Å². The van der Waals surface area contributed by atoms with Gasteiger partial charge in [-0.2, -0.15) is 0 Å². The Labute approximate surface area is 126 Å².